The molecule has 0 saturated heterocycles. The number of hydrogen-bond acceptors (Lipinski definition) is 1. The summed E-state index contributed by atoms with van der Waals surface area (Å²) in [7, 11) is 0. The van der Waals surface area contributed by atoms with Crippen LogP contribution in [0.25, 0.3) is 10.8 Å². The van der Waals surface area contributed by atoms with Gasteiger partial charge in [0.2, 0.25) is 0 Å². The molecule has 0 aliphatic rings. The van der Waals surface area contributed by atoms with Crippen LogP contribution in [0.2, 0.25) is 0 Å². The third kappa shape index (κ3) is 2.50. The van der Waals surface area contributed by atoms with Gasteiger partial charge in [0.25, 0.3) is 0 Å². The van der Waals surface area contributed by atoms with Gasteiger partial charge in [0, 0.05) is 11.2 Å². The molecule has 0 atom stereocenters. The van der Waals surface area contributed by atoms with Gasteiger partial charge in [-0.1, -0.05) is 30.3 Å². The highest BCUT2D eigenvalue weighted by molar-refractivity contribution is 5.85. The van der Waals surface area contributed by atoms with Gasteiger partial charge in [-0.25, -0.2) is 0 Å². The fraction of sp³-hybridized carbons (Fsp3) is 0.286. The van der Waals surface area contributed by atoms with Crippen LogP contribution in [0.5, 0.6) is 0 Å². The molecule has 1 nitrogen and oxygen atoms in total. The Labute approximate surface area is 91.1 Å². The van der Waals surface area contributed by atoms with E-state index in [1.807, 2.05) is 0 Å². The molecule has 1 heteroatoms. The SMILES string of the molecule is CC(C)(C)Nc1ccc2ccccc2c1. The van der Waals surface area contributed by atoms with Crippen LogP contribution >= 0.6 is 0 Å². The zero-order valence-electron chi connectivity index (χ0n) is 9.54. The molecule has 0 radical (unpaired) electrons. The summed E-state index contributed by atoms with van der Waals surface area (Å²) in [5.41, 5.74) is 1.30. The van der Waals surface area contributed by atoms with Crippen molar-refractivity contribution in [2.24, 2.45) is 0 Å². The average molecular weight is 199 g/mol. The van der Waals surface area contributed by atoms with E-state index in [0.717, 1.165) is 0 Å². The van der Waals surface area contributed by atoms with Crippen LogP contribution < -0.4 is 5.32 Å². The van der Waals surface area contributed by atoms with Crippen molar-refractivity contribution in [1.82, 2.24) is 0 Å². The molecule has 0 aliphatic heterocycles. The van der Waals surface area contributed by atoms with E-state index in [1.165, 1.54) is 16.5 Å². The van der Waals surface area contributed by atoms with Gasteiger partial charge >= 0.3 is 0 Å². The highest BCUT2D eigenvalue weighted by atomic mass is 14.9. The van der Waals surface area contributed by atoms with Crippen molar-refractivity contribution in [3.8, 4) is 0 Å². The second kappa shape index (κ2) is 3.58. The molecule has 2 aromatic rings. The summed E-state index contributed by atoms with van der Waals surface area (Å²) in [6, 6.07) is 14.9. The molecule has 0 unspecified atom stereocenters. The summed E-state index contributed by atoms with van der Waals surface area (Å²) >= 11 is 0. The van der Waals surface area contributed by atoms with Crippen LogP contribution in [0.3, 0.4) is 0 Å². The van der Waals surface area contributed by atoms with Crippen molar-refractivity contribution in [1.29, 1.82) is 0 Å². The number of anilines is 1. The monoisotopic (exact) mass is 199 g/mol. The standard InChI is InChI=1S/C14H17N/c1-14(2,3)15-13-9-8-11-6-4-5-7-12(11)10-13/h4-10,15H,1-3H3. The first-order chi connectivity index (χ1) is 7.04. The van der Waals surface area contributed by atoms with Crippen LogP contribution in [-0.4, -0.2) is 5.54 Å². The Morgan fingerprint density at radius 2 is 1.53 bits per heavy atom. The second-order valence-corrected chi connectivity index (χ2v) is 4.94. The normalized spacial score (nSPS) is 11.7. The van der Waals surface area contributed by atoms with E-state index in [-0.39, 0.29) is 5.54 Å². The lowest BCUT2D eigenvalue weighted by Gasteiger charge is -2.22. The first-order valence-corrected chi connectivity index (χ1v) is 5.32. The molecule has 0 amide bonds. The molecule has 15 heavy (non-hydrogen) atoms. The van der Waals surface area contributed by atoms with Crippen LogP contribution in [0.15, 0.2) is 42.5 Å². The van der Waals surface area contributed by atoms with E-state index in [1.54, 1.807) is 0 Å². The van der Waals surface area contributed by atoms with Crippen molar-refractivity contribution >= 4 is 16.5 Å². The summed E-state index contributed by atoms with van der Waals surface area (Å²) in [6.45, 7) is 6.51. The van der Waals surface area contributed by atoms with Crippen molar-refractivity contribution in [3.05, 3.63) is 42.5 Å². The molecule has 0 heterocycles. The summed E-state index contributed by atoms with van der Waals surface area (Å²) in [4.78, 5) is 0. The zero-order chi connectivity index (χ0) is 10.9. The van der Waals surface area contributed by atoms with E-state index >= 15 is 0 Å². The first kappa shape index (κ1) is 10.0. The van der Waals surface area contributed by atoms with Gasteiger partial charge in [0.15, 0.2) is 0 Å². The topological polar surface area (TPSA) is 12.0 Å². The lowest BCUT2D eigenvalue weighted by Crippen LogP contribution is -2.25. The van der Waals surface area contributed by atoms with Crippen LogP contribution in [0.1, 0.15) is 20.8 Å². The Bertz CT molecular complexity index is 466. The Hall–Kier alpha value is -1.50. The largest absolute Gasteiger partial charge is 0.380 e. The van der Waals surface area contributed by atoms with Gasteiger partial charge < -0.3 is 5.32 Å². The lowest BCUT2D eigenvalue weighted by atomic mass is 10.1. The molecule has 0 spiro atoms. The lowest BCUT2D eigenvalue weighted by molar-refractivity contribution is 0.634. The van der Waals surface area contributed by atoms with Gasteiger partial charge in [-0.2, -0.15) is 0 Å². The average Bonchev–Trinajstić information content (AvgIpc) is 2.15. The third-order valence-corrected chi connectivity index (χ3v) is 2.27. The van der Waals surface area contributed by atoms with Crippen LogP contribution in [0, 0.1) is 0 Å². The van der Waals surface area contributed by atoms with E-state index in [0.29, 0.717) is 0 Å². The van der Waals surface area contributed by atoms with Gasteiger partial charge in [0.1, 0.15) is 0 Å². The van der Waals surface area contributed by atoms with Crippen LogP contribution in [-0.2, 0) is 0 Å². The molecular formula is C14H17N. The minimum absolute atomic E-state index is 0.114. The maximum absolute atomic E-state index is 3.47. The molecule has 0 aromatic heterocycles. The molecule has 0 saturated carbocycles. The highest BCUT2D eigenvalue weighted by Gasteiger charge is 2.08. The van der Waals surface area contributed by atoms with E-state index in [4.69, 9.17) is 0 Å². The summed E-state index contributed by atoms with van der Waals surface area (Å²) in [6.07, 6.45) is 0. The number of nitrogens with one attached hydrogen (secondary N) is 1. The molecule has 2 aromatic carbocycles. The van der Waals surface area contributed by atoms with Gasteiger partial charge in [-0.15, -0.1) is 0 Å². The molecule has 0 bridgehead atoms. The second-order valence-electron chi connectivity index (χ2n) is 4.94. The zero-order valence-corrected chi connectivity index (χ0v) is 9.54. The molecule has 0 aliphatic carbocycles. The Morgan fingerprint density at radius 1 is 0.867 bits per heavy atom. The summed E-state index contributed by atoms with van der Waals surface area (Å²) < 4.78 is 0. The quantitative estimate of drug-likeness (QED) is 0.730. The van der Waals surface area contributed by atoms with Crippen molar-refractivity contribution < 1.29 is 0 Å². The van der Waals surface area contributed by atoms with E-state index in [2.05, 4.69) is 68.6 Å². The molecule has 1 N–H and O–H groups in total. The number of rotatable bonds is 1. The highest BCUT2D eigenvalue weighted by Crippen LogP contribution is 2.21. The van der Waals surface area contributed by atoms with Gasteiger partial charge in [-0.05, 0) is 43.7 Å². The number of fused-ring (bicyclic) bond motifs is 1. The van der Waals surface area contributed by atoms with E-state index < -0.39 is 0 Å². The molecular weight excluding hydrogens is 182 g/mol. The predicted molar refractivity (Wildman–Crippen MR) is 67.3 cm³/mol. The maximum Gasteiger partial charge on any atom is 0.0350 e. The van der Waals surface area contributed by atoms with Crippen LogP contribution in [0.4, 0.5) is 5.69 Å². The van der Waals surface area contributed by atoms with Gasteiger partial charge in [-0.3, -0.25) is 0 Å². The number of benzene rings is 2. The Morgan fingerprint density at radius 3 is 2.20 bits per heavy atom. The van der Waals surface area contributed by atoms with Gasteiger partial charge in [0.05, 0.1) is 0 Å². The Balaban J connectivity index is 2.39. The van der Waals surface area contributed by atoms with E-state index in [9.17, 15) is 0 Å². The van der Waals surface area contributed by atoms with Crippen molar-refractivity contribution in [2.45, 2.75) is 26.3 Å². The fourth-order valence-electron chi connectivity index (χ4n) is 1.70. The summed E-state index contributed by atoms with van der Waals surface area (Å²) in [5.74, 6) is 0. The Kier molecular flexibility index (Phi) is 2.39. The van der Waals surface area contributed by atoms with Crippen molar-refractivity contribution in [2.75, 3.05) is 5.32 Å². The maximum atomic E-state index is 3.47. The number of hydrogen-bond donors (Lipinski definition) is 1. The minimum atomic E-state index is 0.114. The predicted octanol–water partition coefficient (Wildman–Crippen LogP) is 4.05. The molecule has 78 valence electrons. The minimum Gasteiger partial charge on any atom is -0.380 e. The third-order valence-electron chi connectivity index (χ3n) is 2.27. The first-order valence-electron chi connectivity index (χ1n) is 5.32. The van der Waals surface area contributed by atoms with Crippen molar-refractivity contribution in [3.63, 3.8) is 0 Å². The molecule has 0 fully saturated rings. The molecule has 2 rings (SSSR count). The smallest absolute Gasteiger partial charge is 0.0350 e. The fourth-order valence-corrected chi connectivity index (χ4v) is 1.70. The summed E-state index contributed by atoms with van der Waals surface area (Å²) in [5, 5.41) is 6.05.